The second-order valence-electron chi connectivity index (χ2n) is 6.07. The van der Waals surface area contributed by atoms with E-state index < -0.39 is 17.3 Å². The van der Waals surface area contributed by atoms with Gasteiger partial charge in [-0.1, -0.05) is 32.9 Å². The smallest absolute Gasteiger partial charge is 0.354 e. The van der Waals surface area contributed by atoms with E-state index in [1.165, 1.54) is 12.1 Å². The molecule has 6 heteroatoms. The van der Waals surface area contributed by atoms with Crippen LogP contribution < -0.4 is 11.1 Å². The van der Waals surface area contributed by atoms with Crippen LogP contribution in [0.15, 0.2) is 24.3 Å². The first-order valence-electron chi connectivity index (χ1n) is 7.84. The molecule has 0 saturated carbocycles. The fourth-order valence-electron chi connectivity index (χ4n) is 2.24. The summed E-state index contributed by atoms with van der Waals surface area (Å²) in [5, 5.41) is 2.82. The molecule has 130 valence electrons. The van der Waals surface area contributed by atoms with Gasteiger partial charge in [0.15, 0.2) is 0 Å². The van der Waals surface area contributed by atoms with Crippen molar-refractivity contribution in [2.45, 2.75) is 57.7 Å². The topological polar surface area (TPSA) is 55.1 Å². The van der Waals surface area contributed by atoms with Crippen LogP contribution in [0.4, 0.5) is 13.2 Å². The molecule has 0 aromatic heterocycles. The van der Waals surface area contributed by atoms with Crippen molar-refractivity contribution in [3.05, 3.63) is 35.4 Å². The summed E-state index contributed by atoms with van der Waals surface area (Å²) >= 11 is 0. The molecule has 3 N–H and O–H groups in total. The first-order valence-corrected chi connectivity index (χ1v) is 7.84. The van der Waals surface area contributed by atoms with Crippen LogP contribution in [0.25, 0.3) is 0 Å². The van der Waals surface area contributed by atoms with Gasteiger partial charge < -0.3 is 11.1 Å². The summed E-state index contributed by atoms with van der Waals surface area (Å²) in [5.41, 5.74) is 5.74. The summed E-state index contributed by atoms with van der Waals surface area (Å²) < 4.78 is 37.6. The molecule has 1 atom stereocenters. The average Bonchev–Trinajstić information content (AvgIpc) is 2.52. The summed E-state index contributed by atoms with van der Waals surface area (Å²) in [6.45, 7) is 6.16. The highest BCUT2D eigenvalue weighted by atomic mass is 19.4. The number of benzene rings is 1. The van der Waals surface area contributed by atoms with Crippen molar-refractivity contribution in [2.75, 3.05) is 6.54 Å². The molecule has 0 saturated heterocycles. The number of alkyl halides is 3. The lowest BCUT2D eigenvalue weighted by Crippen LogP contribution is -2.49. The number of hydrogen-bond donors (Lipinski definition) is 2. The molecule has 0 aliphatic carbocycles. The average molecular weight is 330 g/mol. The predicted octanol–water partition coefficient (Wildman–Crippen LogP) is 3.83. The van der Waals surface area contributed by atoms with Gasteiger partial charge in [0.1, 0.15) is 0 Å². The van der Waals surface area contributed by atoms with E-state index in [2.05, 4.69) is 5.32 Å². The molecule has 0 radical (unpaired) electrons. The minimum atomic E-state index is -4.34. The monoisotopic (exact) mass is 330 g/mol. The van der Waals surface area contributed by atoms with E-state index in [1.54, 1.807) is 0 Å². The second kappa shape index (κ2) is 7.81. The van der Waals surface area contributed by atoms with E-state index in [0.29, 0.717) is 12.1 Å². The first kappa shape index (κ1) is 19.5. The van der Waals surface area contributed by atoms with Gasteiger partial charge >= 0.3 is 6.18 Å². The van der Waals surface area contributed by atoms with Crippen molar-refractivity contribution in [1.82, 2.24) is 5.32 Å². The number of amides is 1. The zero-order chi connectivity index (χ0) is 17.7. The molecule has 0 fully saturated rings. The van der Waals surface area contributed by atoms with Crippen LogP contribution >= 0.6 is 0 Å². The number of carbonyl (C=O) groups is 1. The summed E-state index contributed by atoms with van der Waals surface area (Å²) in [6.07, 6.45) is -2.60. The van der Waals surface area contributed by atoms with Crippen LogP contribution in [0.2, 0.25) is 0 Å². The molecular formula is C17H25F3N2O. The SMILES string of the molecule is CCC(N)(CC)CNC(=O)CC(C)c1ccc(C(F)(F)F)cc1. The molecule has 0 aliphatic rings. The Labute approximate surface area is 135 Å². The minimum absolute atomic E-state index is 0.144. The third-order valence-corrected chi connectivity index (χ3v) is 4.34. The molecule has 0 spiro atoms. The highest BCUT2D eigenvalue weighted by Gasteiger charge is 2.30. The number of nitrogens with one attached hydrogen (secondary N) is 1. The number of rotatable bonds is 7. The van der Waals surface area contributed by atoms with Crippen molar-refractivity contribution in [3.8, 4) is 0 Å². The molecule has 1 aromatic carbocycles. The van der Waals surface area contributed by atoms with Crippen molar-refractivity contribution in [1.29, 1.82) is 0 Å². The molecule has 1 unspecified atom stereocenters. The van der Waals surface area contributed by atoms with Crippen LogP contribution in [0.1, 0.15) is 57.1 Å². The lowest BCUT2D eigenvalue weighted by atomic mass is 9.93. The Bertz CT molecular complexity index is 508. The quantitative estimate of drug-likeness (QED) is 0.798. The molecular weight excluding hydrogens is 305 g/mol. The van der Waals surface area contributed by atoms with E-state index in [9.17, 15) is 18.0 Å². The fraction of sp³-hybridized carbons (Fsp3) is 0.588. The van der Waals surface area contributed by atoms with Gasteiger partial charge in [-0.05, 0) is 36.5 Å². The molecule has 23 heavy (non-hydrogen) atoms. The number of nitrogens with two attached hydrogens (primary N) is 1. The Kier molecular flexibility index (Phi) is 6.62. The predicted molar refractivity (Wildman–Crippen MR) is 85.0 cm³/mol. The van der Waals surface area contributed by atoms with E-state index >= 15 is 0 Å². The highest BCUT2D eigenvalue weighted by Crippen LogP contribution is 2.30. The van der Waals surface area contributed by atoms with Crippen molar-refractivity contribution >= 4 is 5.91 Å². The molecule has 3 nitrogen and oxygen atoms in total. The van der Waals surface area contributed by atoms with Crippen LogP contribution in [0.5, 0.6) is 0 Å². The maximum atomic E-state index is 12.5. The Morgan fingerprint density at radius 3 is 2.13 bits per heavy atom. The molecule has 1 rings (SSSR count). The Morgan fingerprint density at radius 1 is 1.17 bits per heavy atom. The van der Waals surface area contributed by atoms with Crippen LogP contribution in [0, 0.1) is 0 Å². The van der Waals surface area contributed by atoms with E-state index in [1.807, 2.05) is 20.8 Å². The van der Waals surface area contributed by atoms with Gasteiger partial charge in [-0.3, -0.25) is 4.79 Å². The zero-order valence-corrected chi connectivity index (χ0v) is 13.8. The second-order valence-corrected chi connectivity index (χ2v) is 6.07. The standard InChI is InChI=1S/C17H25F3N2O/c1-4-16(21,5-2)11-22-15(23)10-12(3)13-6-8-14(9-7-13)17(18,19)20/h6-9,12H,4-5,10-11,21H2,1-3H3,(H,22,23). The molecule has 0 heterocycles. The third kappa shape index (κ3) is 5.86. The van der Waals surface area contributed by atoms with Gasteiger partial charge in [0.25, 0.3) is 0 Å². The van der Waals surface area contributed by atoms with Gasteiger partial charge in [-0.25, -0.2) is 0 Å². The minimum Gasteiger partial charge on any atom is -0.354 e. The summed E-state index contributed by atoms with van der Waals surface area (Å²) in [4.78, 5) is 12.0. The first-order chi connectivity index (χ1) is 10.6. The van der Waals surface area contributed by atoms with Crippen molar-refractivity contribution in [2.24, 2.45) is 5.73 Å². The van der Waals surface area contributed by atoms with Crippen molar-refractivity contribution in [3.63, 3.8) is 0 Å². The Hall–Kier alpha value is -1.56. The number of halogens is 3. The van der Waals surface area contributed by atoms with Crippen molar-refractivity contribution < 1.29 is 18.0 Å². The molecule has 1 aromatic rings. The van der Waals surface area contributed by atoms with Gasteiger partial charge in [0, 0.05) is 18.5 Å². The van der Waals surface area contributed by atoms with Gasteiger partial charge in [-0.2, -0.15) is 13.2 Å². The normalized spacial score (nSPS) is 13.7. The van der Waals surface area contributed by atoms with Crippen LogP contribution in [-0.2, 0) is 11.0 Å². The maximum absolute atomic E-state index is 12.5. The summed E-state index contributed by atoms with van der Waals surface area (Å²) in [7, 11) is 0. The lowest BCUT2D eigenvalue weighted by molar-refractivity contribution is -0.137. The van der Waals surface area contributed by atoms with Crippen LogP contribution in [-0.4, -0.2) is 18.0 Å². The van der Waals surface area contributed by atoms with E-state index in [-0.39, 0.29) is 18.2 Å². The summed E-state index contributed by atoms with van der Waals surface area (Å²) in [6, 6.07) is 4.93. The molecule has 0 aliphatic heterocycles. The van der Waals surface area contributed by atoms with E-state index in [0.717, 1.165) is 25.0 Å². The summed E-state index contributed by atoms with van der Waals surface area (Å²) in [5.74, 6) is -0.304. The Balaban J connectivity index is 2.59. The Morgan fingerprint density at radius 2 is 1.70 bits per heavy atom. The largest absolute Gasteiger partial charge is 0.416 e. The third-order valence-electron chi connectivity index (χ3n) is 4.34. The van der Waals surface area contributed by atoms with E-state index in [4.69, 9.17) is 5.73 Å². The zero-order valence-electron chi connectivity index (χ0n) is 13.8. The van der Waals surface area contributed by atoms with Gasteiger partial charge in [-0.15, -0.1) is 0 Å². The molecule has 0 bridgehead atoms. The lowest BCUT2D eigenvalue weighted by Gasteiger charge is -2.27. The van der Waals surface area contributed by atoms with Crippen LogP contribution in [0.3, 0.4) is 0 Å². The highest BCUT2D eigenvalue weighted by molar-refractivity contribution is 5.76. The van der Waals surface area contributed by atoms with Gasteiger partial charge in [0.2, 0.25) is 5.91 Å². The van der Waals surface area contributed by atoms with Gasteiger partial charge in [0.05, 0.1) is 5.56 Å². The number of carbonyl (C=O) groups excluding carboxylic acids is 1. The maximum Gasteiger partial charge on any atom is 0.416 e. The fourth-order valence-corrected chi connectivity index (χ4v) is 2.24. The number of hydrogen-bond acceptors (Lipinski definition) is 2. The molecule has 1 amide bonds.